The van der Waals surface area contributed by atoms with Crippen LogP contribution in [-0.4, -0.2) is 36.6 Å². The van der Waals surface area contributed by atoms with Gasteiger partial charge in [-0.2, -0.15) is 0 Å². The van der Waals surface area contributed by atoms with Gasteiger partial charge in [0.05, 0.1) is 10.8 Å². The third kappa shape index (κ3) is 5.00. The summed E-state index contributed by atoms with van der Waals surface area (Å²) in [7, 11) is 0. The van der Waals surface area contributed by atoms with Crippen LogP contribution in [0.25, 0.3) is 0 Å². The van der Waals surface area contributed by atoms with Crippen LogP contribution in [0.5, 0.6) is 0 Å². The fourth-order valence-corrected chi connectivity index (χ4v) is 1.87. The number of esters is 2. The lowest BCUT2D eigenvalue weighted by atomic mass is 9.95. The number of rotatable bonds is 4. The molecule has 1 aliphatic rings. The molecule has 0 bridgehead atoms. The molecule has 0 aliphatic carbocycles. The van der Waals surface area contributed by atoms with Crippen molar-refractivity contribution in [1.82, 2.24) is 5.32 Å². The molecule has 0 radical (unpaired) electrons. The van der Waals surface area contributed by atoms with Crippen molar-refractivity contribution in [2.45, 2.75) is 59.9 Å². The molecule has 1 rings (SSSR count). The molecular weight excluding hydrogens is 286 g/mol. The normalized spacial score (nSPS) is 17.8. The maximum absolute atomic E-state index is 11.9. The first-order chi connectivity index (χ1) is 9.86. The van der Waals surface area contributed by atoms with Gasteiger partial charge < -0.3 is 14.8 Å². The topological polar surface area (TPSA) is 81.7 Å². The van der Waals surface area contributed by atoms with E-state index in [9.17, 15) is 14.4 Å². The maximum atomic E-state index is 11.9. The van der Waals surface area contributed by atoms with Crippen molar-refractivity contribution in [2.24, 2.45) is 10.8 Å². The van der Waals surface area contributed by atoms with Gasteiger partial charge in [0.2, 0.25) is 5.91 Å². The molecule has 0 aromatic carbocycles. The van der Waals surface area contributed by atoms with Gasteiger partial charge in [-0.15, -0.1) is 0 Å². The lowest BCUT2D eigenvalue weighted by Gasteiger charge is -2.30. The molecule has 6 heteroatoms. The first-order valence-corrected chi connectivity index (χ1v) is 7.51. The van der Waals surface area contributed by atoms with Gasteiger partial charge in [-0.3, -0.25) is 14.4 Å². The molecule has 0 saturated carbocycles. The van der Waals surface area contributed by atoms with Gasteiger partial charge >= 0.3 is 11.9 Å². The summed E-state index contributed by atoms with van der Waals surface area (Å²) in [4.78, 5) is 35.3. The Kier molecular flexibility index (Phi) is 5.25. The average Bonchev–Trinajstić information content (AvgIpc) is 2.73. The van der Waals surface area contributed by atoms with Crippen LogP contribution in [0.3, 0.4) is 0 Å². The molecule has 0 aromatic heterocycles. The first-order valence-electron chi connectivity index (χ1n) is 7.51. The molecule has 0 atom stereocenters. The summed E-state index contributed by atoms with van der Waals surface area (Å²) in [6.45, 7) is 10.6. The Labute approximate surface area is 131 Å². The Hall–Kier alpha value is -1.59. The van der Waals surface area contributed by atoms with Crippen molar-refractivity contribution in [3.63, 3.8) is 0 Å². The van der Waals surface area contributed by atoms with Crippen LogP contribution in [0.1, 0.15) is 54.4 Å². The average molecular weight is 313 g/mol. The molecule has 1 fully saturated rings. The number of amides is 1. The highest BCUT2D eigenvalue weighted by atomic mass is 16.6. The molecule has 1 amide bonds. The van der Waals surface area contributed by atoms with Gasteiger partial charge in [0.1, 0.15) is 18.8 Å². The van der Waals surface area contributed by atoms with E-state index >= 15 is 0 Å². The molecular formula is C16H27NO5. The van der Waals surface area contributed by atoms with Crippen LogP contribution in [0.2, 0.25) is 0 Å². The van der Waals surface area contributed by atoms with Crippen LogP contribution in [0.4, 0.5) is 0 Å². The number of carbonyl (C=O) groups is 3. The predicted octanol–water partition coefficient (Wildman–Crippen LogP) is 1.81. The third-order valence-corrected chi connectivity index (χ3v) is 3.42. The second kappa shape index (κ2) is 6.26. The number of nitrogens with one attached hydrogen (secondary N) is 1. The van der Waals surface area contributed by atoms with Crippen LogP contribution in [-0.2, 0) is 23.9 Å². The van der Waals surface area contributed by atoms with Crippen molar-refractivity contribution >= 4 is 17.8 Å². The molecule has 0 aromatic rings. The molecule has 1 aliphatic heterocycles. The summed E-state index contributed by atoms with van der Waals surface area (Å²) < 4.78 is 10.6. The third-order valence-electron chi connectivity index (χ3n) is 3.42. The minimum atomic E-state index is -0.821. The van der Waals surface area contributed by atoms with E-state index < -0.39 is 16.4 Å². The van der Waals surface area contributed by atoms with Crippen LogP contribution in [0.15, 0.2) is 0 Å². The Bertz CT molecular complexity index is 426. The number of ether oxygens (including phenoxy) is 2. The van der Waals surface area contributed by atoms with Crippen molar-refractivity contribution in [3.8, 4) is 0 Å². The van der Waals surface area contributed by atoms with Crippen LogP contribution >= 0.6 is 0 Å². The van der Waals surface area contributed by atoms with Crippen molar-refractivity contribution in [1.29, 1.82) is 0 Å². The Balaban J connectivity index is 2.70. The Morgan fingerprint density at radius 3 is 1.68 bits per heavy atom. The van der Waals surface area contributed by atoms with Crippen molar-refractivity contribution in [2.75, 3.05) is 13.2 Å². The second-order valence-electron chi connectivity index (χ2n) is 7.98. The summed E-state index contributed by atoms with van der Waals surface area (Å²) in [6.07, 6.45) is 0.806. The molecule has 126 valence electrons. The summed E-state index contributed by atoms with van der Waals surface area (Å²) in [5, 5.41) is 2.79. The fourth-order valence-electron chi connectivity index (χ4n) is 1.87. The van der Waals surface area contributed by atoms with E-state index in [0.29, 0.717) is 12.8 Å². The van der Waals surface area contributed by atoms with E-state index in [2.05, 4.69) is 5.32 Å². The summed E-state index contributed by atoms with van der Waals surface area (Å²) in [5.41, 5.74) is -2.06. The number of hydrogen-bond donors (Lipinski definition) is 1. The van der Waals surface area contributed by atoms with E-state index in [0.717, 1.165) is 0 Å². The van der Waals surface area contributed by atoms with E-state index in [4.69, 9.17) is 9.47 Å². The molecule has 6 nitrogen and oxygen atoms in total. The van der Waals surface area contributed by atoms with Gasteiger partial charge in [0.15, 0.2) is 0 Å². The molecule has 0 unspecified atom stereocenters. The van der Waals surface area contributed by atoms with E-state index in [1.807, 2.05) is 0 Å². The van der Waals surface area contributed by atoms with Gasteiger partial charge in [0, 0.05) is 6.42 Å². The van der Waals surface area contributed by atoms with Crippen molar-refractivity contribution < 1.29 is 23.9 Å². The van der Waals surface area contributed by atoms with Crippen LogP contribution in [0, 0.1) is 10.8 Å². The smallest absolute Gasteiger partial charge is 0.311 e. The summed E-state index contributed by atoms with van der Waals surface area (Å²) in [6, 6.07) is 0. The fraction of sp³-hybridized carbons (Fsp3) is 0.812. The highest BCUT2D eigenvalue weighted by Gasteiger charge is 2.42. The maximum Gasteiger partial charge on any atom is 0.311 e. The standard InChI is InChI=1S/C16H27NO5/c1-14(2,3)12(19)21-9-16(8-7-11(18)17-16)10-22-13(20)15(4,5)6/h7-10H2,1-6H3,(H,17,18). The largest absolute Gasteiger partial charge is 0.463 e. The zero-order valence-corrected chi connectivity index (χ0v) is 14.4. The van der Waals surface area contributed by atoms with Crippen LogP contribution < -0.4 is 5.32 Å². The predicted molar refractivity (Wildman–Crippen MR) is 80.9 cm³/mol. The number of carbonyl (C=O) groups excluding carboxylic acids is 3. The Morgan fingerprint density at radius 1 is 1.00 bits per heavy atom. The lowest BCUT2D eigenvalue weighted by molar-refractivity contribution is -0.161. The minimum absolute atomic E-state index is 0.00622. The highest BCUT2D eigenvalue weighted by molar-refractivity contribution is 5.80. The minimum Gasteiger partial charge on any atom is -0.463 e. The summed E-state index contributed by atoms with van der Waals surface area (Å²) in [5.74, 6) is -0.830. The second-order valence-corrected chi connectivity index (χ2v) is 7.98. The summed E-state index contributed by atoms with van der Waals surface area (Å²) >= 11 is 0. The molecule has 0 spiro atoms. The number of hydrogen-bond acceptors (Lipinski definition) is 5. The molecule has 1 saturated heterocycles. The molecule has 1 heterocycles. The van der Waals surface area contributed by atoms with E-state index in [1.165, 1.54) is 0 Å². The molecule has 1 N–H and O–H groups in total. The zero-order chi connectivity index (χ0) is 17.2. The van der Waals surface area contributed by atoms with Gasteiger partial charge in [-0.25, -0.2) is 0 Å². The van der Waals surface area contributed by atoms with Gasteiger partial charge in [-0.05, 0) is 48.0 Å². The lowest BCUT2D eigenvalue weighted by Crippen LogP contribution is -2.51. The Morgan fingerprint density at radius 2 is 1.41 bits per heavy atom. The van der Waals surface area contributed by atoms with Gasteiger partial charge in [-0.1, -0.05) is 0 Å². The highest BCUT2D eigenvalue weighted by Crippen LogP contribution is 2.25. The first kappa shape index (κ1) is 18.5. The SMILES string of the molecule is CC(C)(C)C(=O)OCC1(COC(=O)C(C)(C)C)CCC(=O)N1. The zero-order valence-electron chi connectivity index (χ0n) is 14.4. The monoisotopic (exact) mass is 313 g/mol. The van der Waals surface area contributed by atoms with Gasteiger partial charge in [0.25, 0.3) is 0 Å². The van der Waals surface area contributed by atoms with E-state index in [1.54, 1.807) is 41.5 Å². The quantitative estimate of drug-likeness (QED) is 0.801. The van der Waals surface area contributed by atoms with E-state index in [-0.39, 0.29) is 31.1 Å². The molecule has 22 heavy (non-hydrogen) atoms. The van der Waals surface area contributed by atoms with Crippen molar-refractivity contribution in [3.05, 3.63) is 0 Å².